The van der Waals surface area contributed by atoms with Gasteiger partial charge in [0.2, 0.25) is 0 Å². The van der Waals surface area contributed by atoms with E-state index >= 15 is 0 Å². The predicted molar refractivity (Wildman–Crippen MR) is 112 cm³/mol. The zero-order valence-corrected chi connectivity index (χ0v) is 15.5. The number of benzene rings is 2. The molecule has 4 rings (SSSR count). The highest BCUT2D eigenvalue weighted by atomic mass is 16.5. The number of anilines is 1. The molecule has 4 aromatic rings. The van der Waals surface area contributed by atoms with E-state index in [1.807, 2.05) is 54.6 Å². The van der Waals surface area contributed by atoms with Crippen molar-refractivity contribution >= 4 is 33.6 Å². The summed E-state index contributed by atoms with van der Waals surface area (Å²) in [5.41, 5.74) is 15.5. The van der Waals surface area contributed by atoms with Crippen molar-refractivity contribution < 1.29 is 4.74 Å². The third-order valence-corrected chi connectivity index (χ3v) is 4.54. The number of amidine groups is 1. The lowest BCUT2D eigenvalue weighted by Crippen LogP contribution is -2.15. The molecular formula is C21H22N6O. The van der Waals surface area contributed by atoms with Crippen molar-refractivity contribution in [3.05, 3.63) is 66.5 Å². The molecule has 4 N–H and O–H groups in total. The number of ether oxygens (including phenoxy) is 1. The van der Waals surface area contributed by atoms with Crippen molar-refractivity contribution in [1.29, 1.82) is 0 Å². The Hall–Kier alpha value is -3.45. The SMILES string of the molecule is NC(=NCCOCCn1cnc2c(N)nc3ccccc3c21)c1ccccc1. The van der Waals surface area contributed by atoms with Gasteiger partial charge in [-0.25, -0.2) is 9.97 Å². The zero-order valence-electron chi connectivity index (χ0n) is 15.5. The molecule has 0 amide bonds. The standard InChI is InChI=1S/C21H22N6O/c22-20(15-6-2-1-3-7-15)24-10-12-28-13-11-27-14-25-18-19(27)16-8-4-5-9-17(16)26-21(18)23/h1-9,14H,10-13H2,(H2,22,24)(H2,23,26). The lowest BCUT2D eigenvalue weighted by Gasteiger charge is -2.08. The lowest BCUT2D eigenvalue weighted by molar-refractivity contribution is 0.134. The van der Waals surface area contributed by atoms with E-state index in [0.717, 1.165) is 27.5 Å². The van der Waals surface area contributed by atoms with Gasteiger partial charge in [0.25, 0.3) is 0 Å². The maximum Gasteiger partial charge on any atom is 0.152 e. The van der Waals surface area contributed by atoms with Crippen molar-refractivity contribution in [3.63, 3.8) is 0 Å². The fourth-order valence-corrected chi connectivity index (χ4v) is 3.17. The number of fused-ring (bicyclic) bond motifs is 3. The van der Waals surface area contributed by atoms with Crippen LogP contribution < -0.4 is 11.5 Å². The molecule has 0 fully saturated rings. The van der Waals surface area contributed by atoms with Crippen LogP contribution in [-0.4, -0.2) is 40.1 Å². The molecule has 7 nitrogen and oxygen atoms in total. The summed E-state index contributed by atoms with van der Waals surface area (Å²) in [5, 5.41) is 1.03. The Kier molecular flexibility index (Phi) is 5.16. The van der Waals surface area contributed by atoms with Crippen LogP contribution in [0, 0.1) is 0 Å². The van der Waals surface area contributed by atoms with E-state index in [9.17, 15) is 0 Å². The Bertz CT molecular complexity index is 1120. The van der Waals surface area contributed by atoms with Crippen LogP contribution >= 0.6 is 0 Å². The molecule has 2 aromatic carbocycles. The van der Waals surface area contributed by atoms with E-state index in [4.69, 9.17) is 16.2 Å². The predicted octanol–water partition coefficient (Wildman–Crippen LogP) is 2.59. The second kappa shape index (κ2) is 8.06. The van der Waals surface area contributed by atoms with Crippen LogP contribution in [0.15, 0.2) is 65.9 Å². The van der Waals surface area contributed by atoms with Crippen molar-refractivity contribution in [2.45, 2.75) is 6.54 Å². The number of pyridine rings is 1. The minimum absolute atomic E-state index is 0.444. The van der Waals surface area contributed by atoms with Gasteiger partial charge in [0, 0.05) is 17.5 Å². The van der Waals surface area contributed by atoms with Crippen molar-refractivity contribution in [2.75, 3.05) is 25.5 Å². The Morgan fingerprint density at radius 1 is 1.04 bits per heavy atom. The molecule has 0 aliphatic carbocycles. The molecule has 0 saturated heterocycles. The molecule has 0 aliphatic heterocycles. The molecule has 0 bridgehead atoms. The first-order valence-electron chi connectivity index (χ1n) is 9.16. The first-order valence-corrected chi connectivity index (χ1v) is 9.16. The number of aliphatic imine (C=N–C) groups is 1. The van der Waals surface area contributed by atoms with E-state index in [2.05, 4.69) is 19.5 Å². The summed E-state index contributed by atoms with van der Waals surface area (Å²) >= 11 is 0. The molecule has 0 unspecified atom stereocenters. The summed E-state index contributed by atoms with van der Waals surface area (Å²) in [4.78, 5) is 13.2. The highest BCUT2D eigenvalue weighted by Crippen LogP contribution is 2.26. The highest BCUT2D eigenvalue weighted by molar-refractivity contribution is 6.06. The third-order valence-electron chi connectivity index (χ3n) is 4.54. The number of imidazole rings is 1. The Morgan fingerprint density at radius 3 is 2.68 bits per heavy atom. The van der Waals surface area contributed by atoms with Gasteiger partial charge in [0.05, 0.1) is 37.1 Å². The Labute approximate surface area is 162 Å². The largest absolute Gasteiger partial charge is 0.384 e. The fourth-order valence-electron chi connectivity index (χ4n) is 3.17. The van der Waals surface area contributed by atoms with Gasteiger partial charge in [-0.1, -0.05) is 48.5 Å². The zero-order chi connectivity index (χ0) is 19.3. The van der Waals surface area contributed by atoms with Gasteiger partial charge in [-0.2, -0.15) is 0 Å². The molecule has 28 heavy (non-hydrogen) atoms. The van der Waals surface area contributed by atoms with E-state index < -0.39 is 0 Å². The molecule has 2 heterocycles. The monoisotopic (exact) mass is 374 g/mol. The summed E-state index contributed by atoms with van der Waals surface area (Å²) in [6.45, 7) is 2.24. The van der Waals surface area contributed by atoms with Gasteiger partial charge in [-0.15, -0.1) is 0 Å². The molecule has 0 radical (unpaired) electrons. The van der Waals surface area contributed by atoms with Crippen molar-refractivity contribution in [3.8, 4) is 0 Å². The second-order valence-electron chi connectivity index (χ2n) is 6.39. The number of para-hydroxylation sites is 1. The van der Waals surface area contributed by atoms with Crippen LogP contribution in [0.1, 0.15) is 5.56 Å². The van der Waals surface area contributed by atoms with Crippen LogP contribution in [-0.2, 0) is 11.3 Å². The summed E-state index contributed by atoms with van der Waals surface area (Å²) in [6, 6.07) is 17.6. The molecular weight excluding hydrogens is 352 g/mol. The van der Waals surface area contributed by atoms with Gasteiger partial charge in [0.15, 0.2) is 5.82 Å². The quantitative estimate of drug-likeness (QED) is 0.294. The topological polar surface area (TPSA) is 104 Å². The van der Waals surface area contributed by atoms with Gasteiger partial charge < -0.3 is 20.8 Å². The average molecular weight is 374 g/mol. The van der Waals surface area contributed by atoms with Gasteiger partial charge in [-0.05, 0) is 6.07 Å². The summed E-state index contributed by atoms with van der Waals surface area (Å²) in [6.07, 6.45) is 1.78. The van der Waals surface area contributed by atoms with Crippen molar-refractivity contribution in [2.24, 2.45) is 10.7 Å². The molecule has 0 atom stereocenters. The van der Waals surface area contributed by atoms with E-state index in [-0.39, 0.29) is 0 Å². The summed E-state index contributed by atoms with van der Waals surface area (Å²) < 4.78 is 7.78. The third kappa shape index (κ3) is 3.65. The van der Waals surface area contributed by atoms with E-state index in [1.165, 1.54) is 0 Å². The van der Waals surface area contributed by atoms with Crippen LogP contribution in [0.3, 0.4) is 0 Å². The number of aromatic nitrogens is 3. The summed E-state index contributed by atoms with van der Waals surface area (Å²) in [7, 11) is 0. The number of nitrogens with zero attached hydrogens (tertiary/aromatic N) is 4. The van der Waals surface area contributed by atoms with Crippen LogP contribution in [0.4, 0.5) is 5.82 Å². The maximum atomic E-state index is 6.06. The van der Waals surface area contributed by atoms with Gasteiger partial charge in [0.1, 0.15) is 11.4 Å². The Balaban J connectivity index is 1.38. The molecule has 2 aromatic heterocycles. The van der Waals surface area contributed by atoms with Crippen LogP contribution in [0.5, 0.6) is 0 Å². The second-order valence-corrected chi connectivity index (χ2v) is 6.39. The van der Waals surface area contributed by atoms with Gasteiger partial charge >= 0.3 is 0 Å². The molecule has 0 aliphatic rings. The minimum atomic E-state index is 0.444. The number of hydrogen-bond donors (Lipinski definition) is 2. The molecule has 0 spiro atoms. The highest BCUT2D eigenvalue weighted by Gasteiger charge is 2.11. The van der Waals surface area contributed by atoms with Crippen molar-refractivity contribution in [1.82, 2.24) is 14.5 Å². The number of rotatable bonds is 7. The first kappa shape index (κ1) is 17.9. The van der Waals surface area contributed by atoms with E-state index in [0.29, 0.717) is 38.0 Å². The number of hydrogen-bond acceptors (Lipinski definition) is 5. The van der Waals surface area contributed by atoms with Crippen LogP contribution in [0.2, 0.25) is 0 Å². The van der Waals surface area contributed by atoms with E-state index in [1.54, 1.807) is 6.33 Å². The lowest BCUT2D eigenvalue weighted by atomic mass is 10.2. The number of nitrogen functional groups attached to an aromatic ring is 1. The van der Waals surface area contributed by atoms with Gasteiger partial charge in [-0.3, -0.25) is 4.99 Å². The smallest absolute Gasteiger partial charge is 0.152 e. The Morgan fingerprint density at radius 2 is 1.82 bits per heavy atom. The average Bonchev–Trinajstić information content (AvgIpc) is 3.16. The summed E-state index contributed by atoms with van der Waals surface area (Å²) in [5.74, 6) is 0.971. The van der Waals surface area contributed by atoms with Crippen LogP contribution in [0.25, 0.3) is 21.9 Å². The number of nitrogens with two attached hydrogens (primary N) is 2. The molecule has 7 heteroatoms. The molecule has 0 saturated carbocycles. The first-order chi connectivity index (χ1) is 13.7. The fraction of sp³-hybridized carbons (Fsp3) is 0.190. The normalized spacial score (nSPS) is 12.1. The molecule has 142 valence electrons. The maximum absolute atomic E-state index is 6.06. The minimum Gasteiger partial charge on any atom is -0.384 e.